The van der Waals surface area contributed by atoms with Crippen LogP contribution >= 0.6 is 0 Å². The van der Waals surface area contributed by atoms with Crippen molar-refractivity contribution in [2.24, 2.45) is 0 Å². The van der Waals surface area contributed by atoms with Gasteiger partial charge in [-0.1, -0.05) is 18.2 Å². The molecule has 19 heavy (non-hydrogen) atoms. The van der Waals surface area contributed by atoms with Gasteiger partial charge in [0.1, 0.15) is 23.5 Å². The Balaban J connectivity index is 1.99. The number of imidazole rings is 1. The van der Waals surface area contributed by atoms with Crippen molar-refractivity contribution in [3.63, 3.8) is 0 Å². The lowest BCUT2D eigenvalue weighted by Gasteiger charge is -1.91. The Morgan fingerprint density at radius 1 is 1.05 bits per heavy atom. The number of hydrogen-bond acceptors (Lipinski definition) is 4. The first-order valence-electron chi connectivity index (χ1n) is 5.90. The van der Waals surface area contributed by atoms with Crippen LogP contribution in [0.1, 0.15) is 0 Å². The van der Waals surface area contributed by atoms with E-state index in [1.54, 1.807) is 12.3 Å². The Labute approximate surface area is 108 Å². The third-order valence-electron chi connectivity index (χ3n) is 3.10. The molecule has 3 heterocycles. The largest absolute Gasteiger partial charge is 0.464 e. The Morgan fingerprint density at radius 3 is 2.89 bits per heavy atom. The topological polar surface area (TPSA) is 80.7 Å². The third-order valence-corrected chi connectivity index (χ3v) is 3.10. The second kappa shape index (κ2) is 3.58. The molecule has 0 bridgehead atoms. The number of furan rings is 1. The van der Waals surface area contributed by atoms with Crippen molar-refractivity contribution in [1.29, 1.82) is 0 Å². The SMILES string of the molecule is Nc1ccc2[nH]c(-c3coc4ccccc34)nc2n1. The number of fused-ring (bicyclic) bond motifs is 2. The summed E-state index contributed by atoms with van der Waals surface area (Å²) < 4.78 is 5.52. The van der Waals surface area contributed by atoms with E-state index in [0.717, 1.165) is 27.9 Å². The summed E-state index contributed by atoms with van der Waals surface area (Å²) in [5, 5.41) is 1.02. The average molecular weight is 250 g/mol. The fraction of sp³-hybridized carbons (Fsp3) is 0. The van der Waals surface area contributed by atoms with Gasteiger partial charge in [0.2, 0.25) is 0 Å². The smallest absolute Gasteiger partial charge is 0.180 e. The molecule has 0 aliphatic heterocycles. The highest BCUT2D eigenvalue weighted by molar-refractivity contribution is 5.93. The van der Waals surface area contributed by atoms with Crippen molar-refractivity contribution in [2.75, 3.05) is 5.73 Å². The molecule has 0 fully saturated rings. The minimum Gasteiger partial charge on any atom is -0.464 e. The van der Waals surface area contributed by atoms with Gasteiger partial charge in [0.15, 0.2) is 5.65 Å². The van der Waals surface area contributed by atoms with Gasteiger partial charge in [-0.05, 0) is 18.2 Å². The van der Waals surface area contributed by atoms with Crippen molar-refractivity contribution in [2.45, 2.75) is 0 Å². The summed E-state index contributed by atoms with van der Waals surface area (Å²) in [5.41, 5.74) is 8.89. The van der Waals surface area contributed by atoms with Gasteiger partial charge in [-0.15, -0.1) is 0 Å². The molecule has 5 nitrogen and oxygen atoms in total. The van der Waals surface area contributed by atoms with Gasteiger partial charge in [0.05, 0.1) is 11.1 Å². The molecule has 0 aliphatic carbocycles. The number of para-hydroxylation sites is 1. The molecule has 92 valence electrons. The lowest BCUT2D eigenvalue weighted by Crippen LogP contribution is -1.88. The number of hydrogen-bond donors (Lipinski definition) is 2. The number of aromatic nitrogens is 3. The van der Waals surface area contributed by atoms with Crippen molar-refractivity contribution >= 4 is 28.0 Å². The van der Waals surface area contributed by atoms with E-state index in [9.17, 15) is 0 Å². The molecule has 4 rings (SSSR count). The number of benzene rings is 1. The molecule has 3 N–H and O–H groups in total. The zero-order chi connectivity index (χ0) is 12.8. The van der Waals surface area contributed by atoms with E-state index in [2.05, 4.69) is 15.0 Å². The molecule has 5 heteroatoms. The van der Waals surface area contributed by atoms with Crippen LogP contribution in [0, 0.1) is 0 Å². The van der Waals surface area contributed by atoms with Crippen LogP contribution in [0.25, 0.3) is 33.5 Å². The second-order valence-electron chi connectivity index (χ2n) is 4.34. The van der Waals surface area contributed by atoms with Crippen LogP contribution in [0.5, 0.6) is 0 Å². The minimum atomic E-state index is 0.461. The van der Waals surface area contributed by atoms with Gasteiger partial charge in [0, 0.05) is 5.39 Å². The number of nitrogens with two attached hydrogens (primary N) is 1. The Hall–Kier alpha value is -2.82. The first-order chi connectivity index (χ1) is 9.31. The van der Waals surface area contributed by atoms with Gasteiger partial charge >= 0.3 is 0 Å². The monoisotopic (exact) mass is 250 g/mol. The van der Waals surface area contributed by atoms with Crippen molar-refractivity contribution in [3.05, 3.63) is 42.7 Å². The maximum Gasteiger partial charge on any atom is 0.180 e. The number of aromatic amines is 1. The molecule has 0 aliphatic rings. The van der Waals surface area contributed by atoms with E-state index in [-0.39, 0.29) is 0 Å². The molecule has 0 amide bonds. The highest BCUT2D eigenvalue weighted by Gasteiger charge is 2.12. The van der Waals surface area contributed by atoms with E-state index in [1.165, 1.54) is 0 Å². The van der Waals surface area contributed by atoms with E-state index in [1.807, 2.05) is 30.3 Å². The highest BCUT2D eigenvalue weighted by atomic mass is 16.3. The summed E-state index contributed by atoms with van der Waals surface area (Å²) in [6.45, 7) is 0. The van der Waals surface area contributed by atoms with Gasteiger partial charge < -0.3 is 15.1 Å². The number of nitrogen functional groups attached to an aromatic ring is 1. The minimum absolute atomic E-state index is 0.461. The van der Waals surface area contributed by atoms with Crippen molar-refractivity contribution in [3.8, 4) is 11.4 Å². The summed E-state index contributed by atoms with van der Waals surface area (Å²) >= 11 is 0. The molecule has 0 atom stereocenters. The van der Waals surface area contributed by atoms with E-state index in [0.29, 0.717) is 11.5 Å². The first-order valence-corrected chi connectivity index (χ1v) is 5.90. The van der Waals surface area contributed by atoms with Crippen molar-refractivity contribution < 1.29 is 4.42 Å². The van der Waals surface area contributed by atoms with Crippen LogP contribution in [0.4, 0.5) is 5.82 Å². The summed E-state index contributed by atoms with van der Waals surface area (Å²) in [7, 11) is 0. The van der Waals surface area contributed by atoms with Crippen LogP contribution in [-0.2, 0) is 0 Å². The lowest BCUT2D eigenvalue weighted by atomic mass is 10.2. The maximum absolute atomic E-state index is 5.66. The van der Waals surface area contributed by atoms with Crippen LogP contribution in [0.2, 0.25) is 0 Å². The second-order valence-corrected chi connectivity index (χ2v) is 4.34. The fourth-order valence-electron chi connectivity index (χ4n) is 2.20. The standard InChI is InChI=1S/C14H10N4O/c15-12-6-5-10-14(17-12)18-13(16-10)9-7-19-11-4-2-1-3-8(9)11/h1-7H,(H3,15,16,17,18). The lowest BCUT2D eigenvalue weighted by molar-refractivity contribution is 0.616. The molecular formula is C14H10N4O. The predicted molar refractivity (Wildman–Crippen MR) is 73.5 cm³/mol. The number of H-pyrrole nitrogens is 1. The molecule has 1 aromatic carbocycles. The van der Waals surface area contributed by atoms with E-state index >= 15 is 0 Å². The Kier molecular flexibility index (Phi) is 1.91. The van der Waals surface area contributed by atoms with Gasteiger partial charge in [-0.3, -0.25) is 0 Å². The van der Waals surface area contributed by atoms with E-state index < -0.39 is 0 Å². The Bertz CT molecular complexity index is 891. The maximum atomic E-state index is 5.66. The van der Waals surface area contributed by atoms with Crippen LogP contribution in [0.3, 0.4) is 0 Å². The average Bonchev–Trinajstić information content (AvgIpc) is 3.00. The molecule has 3 aromatic heterocycles. The first kappa shape index (κ1) is 10.1. The zero-order valence-electron chi connectivity index (χ0n) is 9.92. The number of nitrogens with zero attached hydrogens (tertiary/aromatic N) is 2. The third kappa shape index (κ3) is 1.48. The zero-order valence-corrected chi connectivity index (χ0v) is 9.92. The van der Waals surface area contributed by atoms with Gasteiger partial charge in [0.25, 0.3) is 0 Å². The molecule has 0 spiro atoms. The summed E-state index contributed by atoms with van der Waals surface area (Å²) in [6, 6.07) is 11.5. The molecule has 0 saturated carbocycles. The van der Waals surface area contributed by atoms with E-state index in [4.69, 9.17) is 10.2 Å². The number of rotatable bonds is 1. The summed E-state index contributed by atoms with van der Waals surface area (Å²) in [5.74, 6) is 1.20. The van der Waals surface area contributed by atoms with Gasteiger partial charge in [-0.25, -0.2) is 9.97 Å². The van der Waals surface area contributed by atoms with Crippen LogP contribution in [0.15, 0.2) is 47.1 Å². The van der Waals surface area contributed by atoms with Crippen LogP contribution < -0.4 is 5.73 Å². The summed E-state index contributed by atoms with van der Waals surface area (Å²) in [4.78, 5) is 11.9. The highest BCUT2D eigenvalue weighted by Crippen LogP contribution is 2.29. The molecule has 0 saturated heterocycles. The normalized spacial score (nSPS) is 11.4. The predicted octanol–water partition coefficient (Wildman–Crippen LogP) is 2.95. The van der Waals surface area contributed by atoms with Gasteiger partial charge in [-0.2, -0.15) is 0 Å². The number of anilines is 1. The molecule has 0 radical (unpaired) electrons. The summed E-state index contributed by atoms with van der Waals surface area (Å²) in [6.07, 6.45) is 1.70. The van der Waals surface area contributed by atoms with Crippen molar-refractivity contribution in [1.82, 2.24) is 15.0 Å². The molecular weight excluding hydrogens is 240 g/mol. The fourth-order valence-corrected chi connectivity index (χ4v) is 2.20. The quantitative estimate of drug-likeness (QED) is 0.544. The Morgan fingerprint density at radius 2 is 1.95 bits per heavy atom. The number of pyridine rings is 1. The molecule has 0 unspecified atom stereocenters. The molecule has 4 aromatic rings. The number of nitrogens with one attached hydrogen (secondary N) is 1. The van der Waals surface area contributed by atoms with Crippen LogP contribution in [-0.4, -0.2) is 15.0 Å².